The quantitative estimate of drug-likeness (QED) is 0.834. The van der Waals surface area contributed by atoms with Crippen molar-refractivity contribution < 1.29 is 4.52 Å². The summed E-state index contributed by atoms with van der Waals surface area (Å²) in [7, 11) is 0. The zero-order valence-electron chi connectivity index (χ0n) is 11.2. The molecule has 0 fully saturated rings. The molecule has 0 aliphatic rings. The second kappa shape index (κ2) is 5.36. The van der Waals surface area contributed by atoms with Gasteiger partial charge in [0.05, 0.1) is 5.69 Å². The molecule has 19 heavy (non-hydrogen) atoms. The number of nitrogens with one attached hydrogen (secondary N) is 1. The number of anilines is 1. The SMILES string of the molecule is Cc1cc(C(N)=S)cc(NCc2c(C)noc2C)n1. The van der Waals surface area contributed by atoms with Crippen molar-refractivity contribution in [3.63, 3.8) is 0 Å². The normalized spacial score (nSPS) is 10.5. The highest BCUT2D eigenvalue weighted by Crippen LogP contribution is 2.15. The molecule has 0 aromatic carbocycles. The summed E-state index contributed by atoms with van der Waals surface area (Å²) in [6, 6.07) is 3.71. The molecule has 0 aliphatic heterocycles. The first-order valence-electron chi connectivity index (χ1n) is 5.91. The zero-order valence-corrected chi connectivity index (χ0v) is 12.0. The summed E-state index contributed by atoms with van der Waals surface area (Å²) in [6.45, 7) is 6.32. The molecule has 0 radical (unpaired) electrons. The highest BCUT2D eigenvalue weighted by molar-refractivity contribution is 7.80. The van der Waals surface area contributed by atoms with Crippen molar-refractivity contribution in [1.29, 1.82) is 0 Å². The number of nitrogens with two attached hydrogens (primary N) is 1. The maximum Gasteiger partial charge on any atom is 0.138 e. The molecule has 0 bridgehead atoms. The Hall–Kier alpha value is -1.95. The van der Waals surface area contributed by atoms with Gasteiger partial charge in [-0.05, 0) is 32.9 Å². The molecular weight excluding hydrogens is 260 g/mol. The number of thiocarbonyl (C=S) groups is 1. The van der Waals surface area contributed by atoms with Gasteiger partial charge in [0.2, 0.25) is 0 Å². The average molecular weight is 276 g/mol. The predicted octanol–water partition coefficient (Wildman–Crippen LogP) is 2.24. The van der Waals surface area contributed by atoms with Crippen LogP contribution < -0.4 is 11.1 Å². The molecule has 100 valence electrons. The number of aryl methyl sites for hydroxylation is 3. The molecule has 0 unspecified atom stereocenters. The van der Waals surface area contributed by atoms with Gasteiger partial charge in [0, 0.05) is 23.4 Å². The van der Waals surface area contributed by atoms with Crippen molar-refractivity contribution in [2.24, 2.45) is 5.73 Å². The van der Waals surface area contributed by atoms with E-state index in [0.717, 1.165) is 34.1 Å². The van der Waals surface area contributed by atoms with Gasteiger partial charge in [-0.15, -0.1) is 0 Å². The van der Waals surface area contributed by atoms with Gasteiger partial charge in [-0.1, -0.05) is 17.4 Å². The van der Waals surface area contributed by atoms with Gasteiger partial charge in [0.1, 0.15) is 16.6 Å². The zero-order chi connectivity index (χ0) is 14.0. The Morgan fingerprint density at radius 2 is 2.11 bits per heavy atom. The van der Waals surface area contributed by atoms with Crippen LogP contribution in [0.5, 0.6) is 0 Å². The van der Waals surface area contributed by atoms with E-state index < -0.39 is 0 Å². The summed E-state index contributed by atoms with van der Waals surface area (Å²) < 4.78 is 5.12. The summed E-state index contributed by atoms with van der Waals surface area (Å²) in [5.74, 6) is 1.55. The highest BCUT2D eigenvalue weighted by atomic mass is 32.1. The van der Waals surface area contributed by atoms with Gasteiger partial charge in [0.15, 0.2) is 0 Å². The van der Waals surface area contributed by atoms with E-state index in [9.17, 15) is 0 Å². The first kappa shape index (κ1) is 13.5. The topological polar surface area (TPSA) is 77.0 Å². The molecule has 2 heterocycles. The molecule has 6 heteroatoms. The molecule has 2 aromatic rings. The standard InChI is InChI=1S/C13H16N4OS/c1-7-4-10(13(14)19)5-12(16-7)15-6-11-8(2)17-18-9(11)3/h4-5H,6H2,1-3H3,(H2,14,19)(H,15,16). The fourth-order valence-electron chi connectivity index (χ4n) is 1.83. The highest BCUT2D eigenvalue weighted by Gasteiger charge is 2.09. The second-order valence-electron chi connectivity index (χ2n) is 4.40. The van der Waals surface area contributed by atoms with Gasteiger partial charge in [-0.3, -0.25) is 0 Å². The molecule has 3 N–H and O–H groups in total. The van der Waals surface area contributed by atoms with Crippen LogP contribution in [-0.4, -0.2) is 15.1 Å². The molecule has 2 aromatic heterocycles. The molecule has 5 nitrogen and oxygen atoms in total. The van der Waals surface area contributed by atoms with Crippen LogP contribution in [0.4, 0.5) is 5.82 Å². The fraction of sp³-hybridized carbons (Fsp3) is 0.308. The lowest BCUT2D eigenvalue weighted by Gasteiger charge is -2.08. The third kappa shape index (κ3) is 3.08. The van der Waals surface area contributed by atoms with E-state index in [0.29, 0.717) is 11.5 Å². The van der Waals surface area contributed by atoms with Gasteiger partial charge in [-0.25, -0.2) is 4.98 Å². The molecule has 2 rings (SSSR count). The van der Waals surface area contributed by atoms with Gasteiger partial charge in [0.25, 0.3) is 0 Å². The first-order valence-corrected chi connectivity index (χ1v) is 6.32. The van der Waals surface area contributed by atoms with E-state index in [4.69, 9.17) is 22.5 Å². The van der Waals surface area contributed by atoms with Crippen LogP contribution in [0.2, 0.25) is 0 Å². The van der Waals surface area contributed by atoms with Gasteiger partial charge >= 0.3 is 0 Å². The van der Waals surface area contributed by atoms with E-state index in [2.05, 4.69) is 15.5 Å². The molecule has 0 spiro atoms. The molecule has 0 aliphatic carbocycles. The Balaban J connectivity index is 2.18. The summed E-state index contributed by atoms with van der Waals surface area (Å²) in [5.41, 5.74) is 9.24. The van der Waals surface area contributed by atoms with E-state index in [1.807, 2.05) is 32.9 Å². The summed E-state index contributed by atoms with van der Waals surface area (Å²) >= 11 is 4.98. The van der Waals surface area contributed by atoms with Crippen LogP contribution >= 0.6 is 12.2 Å². The fourth-order valence-corrected chi connectivity index (χ4v) is 1.95. The largest absolute Gasteiger partial charge is 0.389 e. The van der Waals surface area contributed by atoms with Crippen LogP contribution in [-0.2, 0) is 6.54 Å². The lowest BCUT2D eigenvalue weighted by Crippen LogP contribution is -2.11. The predicted molar refractivity (Wildman–Crippen MR) is 78.2 cm³/mol. The maximum absolute atomic E-state index is 5.64. The van der Waals surface area contributed by atoms with Crippen molar-refractivity contribution >= 4 is 23.0 Å². The maximum atomic E-state index is 5.64. The van der Waals surface area contributed by atoms with Crippen molar-refractivity contribution in [1.82, 2.24) is 10.1 Å². The number of hydrogen-bond donors (Lipinski definition) is 2. The van der Waals surface area contributed by atoms with E-state index in [1.165, 1.54) is 0 Å². The minimum atomic E-state index is 0.367. The Morgan fingerprint density at radius 1 is 1.37 bits per heavy atom. The second-order valence-corrected chi connectivity index (χ2v) is 4.84. The average Bonchev–Trinajstić information content (AvgIpc) is 2.66. The molecular formula is C13H16N4OS. The minimum absolute atomic E-state index is 0.367. The van der Waals surface area contributed by atoms with E-state index in [1.54, 1.807) is 0 Å². The van der Waals surface area contributed by atoms with Crippen LogP contribution in [0.1, 0.15) is 28.3 Å². The lowest BCUT2D eigenvalue weighted by atomic mass is 10.2. The van der Waals surface area contributed by atoms with Crippen LogP contribution in [0.15, 0.2) is 16.7 Å². The van der Waals surface area contributed by atoms with Crippen molar-refractivity contribution in [2.45, 2.75) is 27.3 Å². The Labute approximate surface area is 117 Å². The van der Waals surface area contributed by atoms with Crippen molar-refractivity contribution in [3.05, 3.63) is 40.4 Å². The molecule has 0 atom stereocenters. The minimum Gasteiger partial charge on any atom is -0.389 e. The Morgan fingerprint density at radius 3 is 2.68 bits per heavy atom. The summed E-state index contributed by atoms with van der Waals surface area (Å²) in [4.78, 5) is 4.76. The third-order valence-electron chi connectivity index (χ3n) is 2.87. The van der Waals surface area contributed by atoms with E-state index >= 15 is 0 Å². The van der Waals surface area contributed by atoms with Gasteiger partial charge in [-0.2, -0.15) is 0 Å². The molecule has 0 saturated carbocycles. The number of hydrogen-bond acceptors (Lipinski definition) is 5. The summed E-state index contributed by atoms with van der Waals surface area (Å²) in [5, 5.41) is 7.15. The van der Waals surface area contributed by atoms with E-state index in [-0.39, 0.29) is 0 Å². The van der Waals surface area contributed by atoms with Crippen molar-refractivity contribution in [3.8, 4) is 0 Å². The lowest BCUT2D eigenvalue weighted by molar-refractivity contribution is 0.392. The number of pyridine rings is 1. The van der Waals surface area contributed by atoms with Gasteiger partial charge < -0.3 is 15.6 Å². The molecule has 0 saturated heterocycles. The smallest absolute Gasteiger partial charge is 0.138 e. The van der Waals surface area contributed by atoms with Crippen LogP contribution in [0.3, 0.4) is 0 Å². The number of rotatable bonds is 4. The third-order valence-corrected chi connectivity index (χ3v) is 3.10. The van der Waals surface area contributed by atoms with Crippen molar-refractivity contribution in [2.75, 3.05) is 5.32 Å². The molecule has 0 amide bonds. The Kier molecular flexibility index (Phi) is 3.80. The number of aromatic nitrogens is 2. The Bertz CT molecular complexity index is 602. The number of nitrogens with zero attached hydrogens (tertiary/aromatic N) is 2. The summed E-state index contributed by atoms with van der Waals surface area (Å²) in [6.07, 6.45) is 0. The first-order chi connectivity index (χ1) is 8.97. The van der Waals surface area contributed by atoms with Crippen LogP contribution in [0.25, 0.3) is 0 Å². The van der Waals surface area contributed by atoms with Crippen LogP contribution in [0, 0.1) is 20.8 Å². The monoisotopic (exact) mass is 276 g/mol.